The molecule has 0 aromatic heterocycles. The van der Waals surface area contributed by atoms with Crippen LogP contribution in [0.15, 0.2) is 18.7 Å². The first-order valence-corrected chi connectivity index (χ1v) is 6.48. The van der Waals surface area contributed by atoms with Crippen molar-refractivity contribution in [3.63, 3.8) is 0 Å². The van der Waals surface area contributed by atoms with Gasteiger partial charge in [-0.25, -0.2) is 0 Å². The Morgan fingerprint density at radius 1 is 1.32 bits per heavy atom. The number of hydrogen-bond acceptors (Lipinski definition) is 3. The number of benzene rings is 1. The molecule has 22 heavy (non-hydrogen) atoms. The Balaban J connectivity index is 3.01. The predicted molar refractivity (Wildman–Crippen MR) is 77.0 cm³/mol. The summed E-state index contributed by atoms with van der Waals surface area (Å²) in [5.41, 5.74) is 1.33. The summed E-state index contributed by atoms with van der Waals surface area (Å²) in [6, 6.07) is 2.65. The van der Waals surface area contributed by atoms with Crippen LogP contribution in [0.25, 0.3) is 6.08 Å². The first kappa shape index (κ1) is 17.9. The second-order valence-corrected chi connectivity index (χ2v) is 4.68. The lowest BCUT2D eigenvalue weighted by Crippen LogP contribution is -2.42. The standard InChI is InChI=1S/C15H18F3NO3/c1-5-10-7-12(21-3)11(13(8-10)22-4)6-9(2)19-14(20)15(16,17)18/h5,7-9H,1,6H2,2-4H3,(H,19,20). The van der Waals surface area contributed by atoms with E-state index in [1.807, 2.05) is 5.32 Å². The van der Waals surface area contributed by atoms with E-state index >= 15 is 0 Å². The zero-order chi connectivity index (χ0) is 16.9. The maximum atomic E-state index is 12.3. The van der Waals surface area contributed by atoms with Crippen LogP contribution in [0.1, 0.15) is 18.1 Å². The lowest BCUT2D eigenvalue weighted by molar-refractivity contribution is -0.174. The highest BCUT2D eigenvalue weighted by molar-refractivity contribution is 5.81. The van der Waals surface area contributed by atoms with Crippen LogP contribution in [0.2, 0.25) is 0 Å². The third-order valence-electron chi connectivity index (χ3n) is 3.01. The Kier molecular flexibility index (Phi) is 5.84. The second-order valence-electron chi connectivity index (χ2n) is 4.68. The van der Waals surface area contributed by atoms with Gasteiger partial charge in [-0.2, -0.15) is 13.2 Å². The van der Waals surface area contributed by atoms with Gasteiger partial charge in [0.15, 0.2) is 0 Å². The van der Waals surface area contributed by atoms with Gasteiger partial charge in [0, 0.05) is 11.6 Å². The monoisotopic (exact) mass is 317 g/mol. The van der Waals surface area contributed by atoms with Crippen LogP contribution in [0.5, 0.6) is 11.5 Å². The Hall–Kier alpha value is -2.18. The van der Waals surface area contributed by atoms with E-state index in [0.717, 1.165) is 5.56 Å². The molecule has 1 aromatic carbocycles. The molecule has 0 aliphatic heterocycles. The molecule has 1 rings (SSSR count). The van der Waals surface area contributed by atoms with E-state index in [4.69, 9.17) is 9.47 Å². The van der Waals surface area contributed by atoms with Gasteiger partial charge in [-0.3, -0.25) is 4.79 Å². The molecule has 0 heterocycles. The Morgan fingerprint density at radius 3 is 2.18 bits per heavy atom. The maximum Gasteiger partial charge on any atom is 0.471 e. The Labute approximate surface area is 126 Å². The minimum Gasteiger partial charge on any atom is -0.496 e. The number of nitrogens with one attached hydrogen (secondary N) is 1. The van der Waals surface area contributed by atoms with Crippen LogP contribution < -0.4 is 14.8 Å². The molecular weight excluding hydrogens is 299 g/mol. The SMILES string of the molecule is C=Cc1cc(OC)c(CC(C)NC(=O)C(F)(F)F)c(OC)c1. The summed E-state index contributed by atoms with van der Waals surface area (Å²) in [7, 11) is 2.90. The van der Waals surface area contributed by atoms with Gasteiger partial charge in [-0.05, 0) is 31.0 Å². The van der Waals surface area contributed by atoms with Gasteiger partial charge < -0.3 is 14.8 Å². The van der Waals surface area contributed by atoms with Gasteiger partial charge in [-0.15, -0.1) is 0 Å². The van der Waals surface area contributed by atoms with Gasteiger partial charge in [0.2, 0.25) is 0 Å². The van der Waals surface area contributed by atoms with Crippen molar-refractivity contribution in [2.75, 3.05) is 14.2 Å². The van der Waals surface area contributed by atoms with E-state index < -0.39 is 18.1 Å². The fraction of sp³-hybridized carbons (Fsp3) is 0.400. The highest BCUT2D eigenvalue weighted by Crippen LogP contribution is 2.32. The second kappa shape index (κ2) is 7.20. The third kappa shape index (κ3) is 4.41. The van der Waals surface area contributed by atoms with Crippen molar-refractivity contribution < 1.29 is 27.4 Å². The number of hydrogen-bond donors (Lipinski definition) is 1. The fourth-order valence-electron chi connectivity index (χ4n) is 1.99. The predicted octanol–water partition coefficient (Wildman–Crippen LogP) is 2.96. The molecule has 1 aromatic rings. The summed E-state index contributed by atoms with van der Waals surface area (Å²) >= 11 is 0. The molecule has 1 N–H and O–H groups in total. The Bertz CT molecular complexity index is 530. The summed E-state index contributed by atoms with van der Waals surface area (Å²) in [5, 5.41) is 1.90. The number of amides is 1. The molecule has 0 fully saturated rings. The highest BCUT2D eigenvalue weighted by atomic mass is 19.4. The molecule has 7 heteroatoms. The molecule has 0 radical (unpaired) electrons. The van der Waals surface area contributed by atoms with Crippen molar-refractivity contribution in [3.8, 4) is 11.5 Å². The zero-order valence-electron chi connectivity index (χ0n) is 12.6. The van der Waals surface area contributed by atoms with E-state index in [0.29, 0.717) is 17.1 Å². The van der Waals surface area contributed by atoms with Gasteiger partial charge in [0.1, 0.15) is 11.5 Å². The van der Waals surface area contributed by atoms with Crippen LogP contribution in [0.4, 0.5) is 13.2 Å². The average Bonchev–Trinajstić information content (AvgIpc) is 2.46. The van der Waals surface area contributed by atoms with E-state index in [1.165, 1.54) is 21.1 Å². The van der Waals surface area contributed by atoms with Gasteiger partial charge in [-0.1, -0.05) is 12.7 Å². The number of methoxy groups -OCH3 is 2. The third-order valence-corrected chi connectivity index (χ3v) is 3.01. The summed E-state index contributed by atoms with van der Waals surface area (Å²) in [5.74, 6) is -1.05. The van der Waals surface area contributed by atoms with Crippen molar-refractivity contribution in [1.82, 2.24) is 5.32 Å². The number of rotatable bonds is 6. The number of halogens is 3. The van der Waals surface area contributed by atoms with Crippen LogP contribution in [0, 0.1) is 0 Å². The molecular formula is C15H18F3NO3. The number of carbonyl (C=O) groups is 1. The van der Waals surface area contributed by atoms with E-state index in [1.54, 1.807) is 18.2 Å². The minimum absolute atomic E-state index is 0.131. The smallest absolute Gasteiger partial charge is 0.471 e. The van der Waals surface area contributed by atoms with Crippen molar-refractivity contribution in [1.29, 1.82) is 0 Å². The number of alkyl halides is 3. The lowest BCUT2D eigenvalue weighted by atomic mass is 10.0. The van der Waals surface area contributed by atoms with E-state index in [9.17, 15) is 18.0 Å². The fourth-order valence-corrected chi connectivity index (χ4v) is 1.99. The van der Waals surface area contributed by atoms with Gasteiger partial charge in [0.05, 0.1) is 14.2 Å². The summed E-state index contributed by atoms with van der Waals surface area (Å²) < 4.78 is 47.3. The molecule has 0 spiro atoms. The molecule has 0 aliphatic rings. The lowest BCUT2D eigenvalue weighted by Gasteiger charge is -2.19. The summed E-state index contributed by atoms with van der Waals surface area (Å²) in [6.07, 6.45) is -3.18. The van der Waals surface area contributed by atoms with Crippen molar-refractivity contribution in [3.05, 3.63) is 29.8 Å². The Morgan fingerprint density at radius 2 is 1.82 bits per heavy atom. The van der Waals surface area contributed by atoms with E-state index in [-0.39, 0.29) is 6.42 Å². The summed E-state index contributed by atoms with van der Waals surface area (Å²) in [4.78, 5) is 11.0. The highest BCUT2D eigenvalue weighted by Gasteiger charge is 2.39. The molecule has 0 bridgehead atoms. The largest absolute Gasteiger partial charge is 0.496 e. The summed E-state index contributed by atoms with van der Waals surface area (Å²) in [6.45, 7) is 5.12. The van der Waals surface area contributed by atoms with Crippen LogP contribution in [-0.4, -0.2) is 32.3 Å². The molecule has 122 valence electrons. The molecule has 4 nitrogen and oxygen atoms in total. The molecule has 1 atom stereocenters. The normalized spacial score (nSPS) is 12.5. The van der Waals surface area contributed by atoms with Crippen LogP contribution >= 0.6 is 0 Å². The molecule has 1 unspecified atom stereocenters. The van der Waals surface area contributed by atoms with E-state index in [2.05, 4.69) is 6.58 Å². The molecule has 1 amide bonds. The topological polar surface area (TPSA) is 47.6 Å². The zero-order valence-corrected chi connectivity index (χ0v) is 12.6. The van der Waals surface area contributed by atoms with Crippen molar-refractivity contribution in [2.24, 2.45) is 0 Å². The molecule has 0 aliphatic carbocycles. The quantitative estimate of drug-likeness (QED) is 0.877. The average molecular weight is 317 g/mol. The van der Waals surface area contributed by atoms with Gasteiger partial charge >= 0.3 is 12.1 Å². The van der Waals surface area contributed by atoms with Crippen LogP contribution in [-0.2, 0) is 11.2 Å². The maximum absolute atomic E-state index is 12.3. The first-order chi connectivity index (χ1) is 10.2. The number of carbonyl (C=O) groups excluding carboxylic acids is 1. The first-order valence-electron chi connectivity index (χ1n) is 6.48. The van der Waals surface area contributed by atoms with Crippen LogP contribution in [0.3, 0.4) is 0 Å². The minimum atomic E-state index is -4.91. The number of ether oxygens (including phenoxy) is 2. The van der Waals surface area contributed by atoms with Gasteiger partial charge in [0.25, 0.3) is 0 Å². The molecule has 0 saturated heterocycles. The van der Waals surface area contributed by atoms with Crippen molar-refractivity contribution >= 4 is 12.0 Å². The molecule has 0 saturated carbocycles. The van der Waals surface area contributed by atoms with Crippen molar-refractivity contribution in [2.45, 2.75) is 25.6 Å².